The smallest absolute Gasteiger partial charge is 0.0545 e. The van der Waals surface area contributed by atoms with Crippen molar-refractivity contribution in [3.05, 3.63) is 42.9 Å². The quantitative estimate of drug-likeness (QED) is 0.811. The summed E-state index contributed by atoms with van der Waals surface area (Å²) in [5.74, 6) is 0. The van der Waals surface area contributed by atoms with E-state index in [1.165, 1.54) is 62.6 Å². The molecule has 0 amide bonds. The third-order valence-corrected chi connectivity index (χ3v) is 4.83. The largest absolute Gasteiger partial charge is 0.468 e. The Kier molecular flexibility index (Phi) is 4.71. The number of hydrogen-bond donors (Lipinski definition) is 1. The monoisotopic (exact) mass is 273 g/mol. The molecule has 0 aromatic heterocycles. The first-order chi connectivity index (χ1) is 9.81. The van der Waals surface area contributed by atoms with Crippen molar-refractivity contribution >= 4 is 0 Å². The van der Waals surface area contributed by atoms with Crippen molar-refractivity contribution in [1.82, 2.24) is 9.80 Å². The summed E-state index contributed by atoms with van der Waals surface area (Å²) < 4.78 is 0. The van der Waals surface area contributed by atoms with Gasteiger partial charge in [-0.05, 0) is 5.56 Å². The molecule has 2 aliphatic heterocycles. The van der Waals surface area contributed by atoms with E-state index < -0.39 is 0 Å². The lowest BCUT2D eigenvalue weighted by Crippen LogP contribution is -3.08. The number of nitrogens with zero attached hydrogens (tertiary/aromatic N) is 2. The zero-order chi connectivity index (χ0) is 13.8. The van der Waals surface area contributed by atoms with E-state index in [0.29, 0.717) is 0 Å². The normalized spacial score (nSPS) is 29.4. The van der Waals surface area contributed by atoms with E-state index in [1.807, 2.05) is 0 Å². The second-order valence-electron chi connectivity index (χ2n) is 6.28. The maximum absolute atomic E-state index is 4.13. The second-order valence-corrected chi connectivity index (χ2v) is 6.28. The lowest BCUT2D eigenvalue weighted by molar-refractivity contribution is -0.859. The highest BCUT2D eigenvalue weighted by molar-refractivity contribution is 5.14. The molecule has 0 atom stereocenters. The highest BCUT2D eigenvalue weighted by Crippen LogP contribution is 2.14. The summed E-state index contributed by atoms with van der Waals surface area (Å²) in [5, 5.41) is 0. The molecule has 0 aliphatic carbocycles. The summed E-state index contributed by atoms with van der Waals surface area (Å²) in [6.45, 7) is 8.51. The topological polar surface area (TPSA) is 10.9 Å². The van der Waals surface area contributed by atoms with Gasteiger partial charge in [-0.3, -0.25) is 9.80 Å². The van der Waals surface area contributed by atoms with E-state index in [-0.39, 0.29) is 0 Å². The summed E-state index contributed by atoms with van der Waals surface area (Å²) in [6.07, 6.45) is 2.66. The highest BCUT2D eigenvalue weighted by atomic mass is 15.3. The molecule has 0 saturated carbocycles. The van der Waals surface area contributed by atoms with Crippen LogP contribution in [0.15, 0.2) is 30.3 Å². The molecule has 0 radical (unpaired) electrons. The maximum atomic E-state index is 4.13. The van der Waals surface area contributed by atoms with E-state index in [2.05, 4.69) is 47.2 Å². The van der Waals surface area contributed by atoms with Crippen molar-refractivity contribution in [2.45, 2.75) is 25.4 Å². The van der Waals surface area contributed by atoms with Gasteiger partial charge in [-0.15, -0.1) is 0 Å². The maximum Gasteiger partial charge on any atom is 0.0545 e. The van der Waals surface area contributed by atoms with Gasteiger partial charge in [0.05, 0.1) is 13.1 Å². The van der Waals surface area contributed by atoms with Crippen LogP contribution in [-0.2, 0) is 6.54 Å². The molecular weight excluding hydrogens is 246 g/mol. The van der Waals surface area contributed by atoms with Crippen molar-refractivity contribution in [2.75, 3.05) is 39.3 Å². The molecule has 1 aromatic carbocycles. The van der Waals surface area contributed by atoms with Gasteiger partial charge in [0.15, 0.2) is 0 Å². The van der Waals surface area contributed by atoms with Crippen molar-refractivity contribution in [2.24, 2.45) is 0 Å². The molecule has 110 valence electrons. The van der Waals surface area contributed by atoms with Crippen molar-refractivity contribution < 1.29 is 4.90 Å². The molecule has 2 saturated heterocycles. The van der Waals surface area contributed by atoms with Gasteiger partial charge < -0.3 is 4.90 Å². The first-order valence-corrected chi connectivity index (χ1v) is 7.98. The van der Waals surface area contributed by atoms with E-state index in [9.17, 15) is 0 Å². The fraction of sp³-hybridized carbons (Fsp3) is 0.588. The van der Waals surface area contributed by atoms with Crippen molar-refractivity contribution in [3.8, 4) is 0 Å². The Morgan fingerprint density at radius 2 is 1.65 bits per heavy atom. The van der Waals surface area contributed by atoms with Gasteiger partial charge >= 0.3 is 0 Å². The van der Waals surface area contributed by atoms with E-state index in [0.717, 1.165) is 12.6 Å². The molecule has 0 bridgehead atoms. The second kappa shape index (κ2) is 6.70. The number of quaternary nitrogens is 1. The molecule has 0 spiro atoms. The van der Waals surface area contributed by atoms with Crippen LogP contribution in [-0.4, -0.2) is 55.1 Å². The number of likely N-dealkylation sites (tertiary alicyclic amines) is 1. The molecule has 3 nitrogen and oxygen atoms in total. The minimum absolute atomic E-state index is 0.819. The fourth-order valence-electron chi connectivity index (χ4n) is 3.50. The predicted octanol–water partition coefficient (Wildman–Crippen LogP) is 0.643. The summed E-state index contributed by atoms with van der Waals surface area (Å²) in [6, 6.07) is 11.7. The van der Waals surface area contributed by atoms with Gasteiger partial charge in [-0.1, -0.05) is 30.3 Å². The highest BCUT2D eigenvalue weighted by Gasteiger charge is 2.26. The first-order valence-electron chi connectivity index (χ1n) is 7.98. The molecule has 1 N–H and O–H groups in total. The Morgan fingerprint density at radius 3 is 2.30 bits per heavy atom. The number of piperazine rings is 1. The number of hydrogen-bond acceptors (Lipinski definition) is 2. The first kappa shape index (κ1) is 14.1. The number of benzene rings is 1. The Labute approximate surface area is 123 Å². The molecule has 2 fully saturated rings. The van der Waals surface area contributed by atoms with Crippen LogP contribution in [0.25, 0.3) is 0 Å². The zero-order valence-electron chi connectivity index (χ0n) is 12.4. The fourth-order valence-corrected chi connectivity index (χ4v) is 3.50. The third-order valence-electron chi connectivity index (χ3n) is 4.83. The average molecular weight is 273 g/mol. The Hall–Kier alpha value is -0.900. The van der Waals surface area contributed by atoms with Crippen LogP contribution in [0.3, 0.4) is 0 Å². The Bertz CT molecular complexity index is 390. The van der Waals surface area contributed by atoms with Crippen LogP contribution in [0.4, 0.5) is 0 Å². The Morgan fingerprint density at radius 1 is 1.00 bits per heavy atom. The van der Waals surface area contributed by atoms with E-state index >= 15 is 0 Å². The van der Waals surface area contributed by atoms with Crippen LogP contribution in [0, 0.1) is 7.05 Å². The van der Waals surface area contributed by atoms with Crippen LogP contribution in [0.2, 0.25) is 0 Å². The molecule has 1 aromatic rings. The lowest BCUT2D eigenvalue weighted by atomic mass is 10.0. The molecule has 2 heterocycles. The van der Waals surface area contributed by atoms with Gasteiger partial charge in [-0.2, -0.15) is 7.05 Å². The Balaban J connectivity index is 1.45. The van der Waals surface area contributed by atoms with Crippen molar-refractivity contribution in [3.63, 3.8) is 0 Å². The van der Waals surface area contributed by atoms with Gasteiger partial charge in [-0.25, -0.2) is 0 Å². The summed E-state index contributed by atoms with van der Waals surface area (Å²) in [5.41, 5.74) is 1.44. The van der Waals surface area contributed by atoms with Crippen LogP contribution >= 0.6 is 0 Å². The molecule has 3 heteroatoms. The molecule has 3 rings (SSSR count). The van der Waals surface area contributed by atoms with E-state index in [1.54, 1.807) is 0 Å². The van der Waals surface area contributed by atoms with Crippen LogP contribution in [0.5, 0.6) is 0 Å². The third kappa shape index (κ3) is 3.60. The number of rotatable bonds is 3. The SMILES string of the molecule is [CH2-][NH+]1CCC(N2CCN(Cc3ccccc3)CC2)CC1. The summed E-state index contributed by atoms with van der Waals surface area (Å²) >= 11 is 0. The number of piperidine rings is 1. The molecule has 2 aliphatic rings. The van der Waals surface area contributed by atoms with Gasteiger partial charge in [0.2, 0.25) is 0 Å². The van der Waals surface area contributed by atoms with Gasteiger partial charge in [0.1, 0.15) is 0 Å². The minimum atomic E-state index is 0.819. The molecular formula is C17H27N3. The van der Waals surface area contributed by atoms with Gasteiger partial charge in [0.25, 0.3) is 0 Å². The number of nitrogens with one attached hydrogen (secondary N) is 1. The van der Waals surface area contributed by atoms with Crippen LogP contribution in [0.1, 0.15) is 18.4 Å². The molecule has 0 unspecified atom stereocenters. The summed E-state index contributed by atoms with van der Waals surface area (Å²) in [7, 11) is 4.13. The van der Waals surface area contributed by atoms with Gasteiger partial charge in [0, 0.05) is 51.6 Å². The molecule has 20 heavy (non-hydrogen) atoms. The van der Waals surface area contributed by atoms with Crippen molar-refractivity contribution in [1.29, 1.82) is 0 Å². The predicted molar refractivity (Wildman–Crippen MR) is 82.4 cm³/mol. The van der Waals surface area contributed by atoms with Crippen LogP contribution < -0.4 is 4.90 Å². The lowest BCUT2D eigenvalue weighted by Gasteiger charge is -2.42. The minimum Gasteiger partial charge on any atom is -0.468 e. The average Bonchev–Trinajstić information content (AvgIpc) is 2.50. The van der Waals surface area contributed by atoms with E-state index in [4.69, 9.17) is 0 Å². The zero-order valence-corrected chi connectivity index (χ0v) is 12.4. The summed E-state index contributed by atoms with van der Waals surface area (Å²) in [4.78, 5) is 6.77. The standard InChI is InChI=1S/C17H27N3/c1-18-9-7-17(8-10-18)20-13-11-19(12-14-20)15-16-5-3-2-4-6-16/h2-6,17-18H,1,7-15H2.